The van der Waals surface area contributed by atoms with Crippen LogP contribution in [-0.4, -0.2) is 19.5 Å². The number of para-hydroxylation sites is 2. The van der Waals surface area contributed by atoms with Gasteiger partial charge in [-0.1, -0.05) is 159 Å². The Morgan fingerprint density at radius 3 is 1.68 bits per heavy atom. The summed E-state index contributed by atoms with van der Waals surface area (Å²) in [5.41, 5.74) is 17.8. The second-order valence-electron chi connectivity index (χ2n) is 17.6. The van der Waals surface area contributed by atoms with Gasteiger partial charge < -0.3 is 8.98 Å². The fourth-order valence-electron chi connectivity index (χ4n) is 10.2. The second kappa shape index (κ2) is 14.3. The number of rotatable bonds is 6. The molecule has 5 heteroatoms. The van der Waals surface area contributed by atoms with Gasteiger partial charge in [0, 0.05) is 49.3 Å². The van der Waals surface area contributed by atoms with E-state index in [0.717, 1.165) is 55.6 Å². The highest BCUT2D eigenvalue weighted by Gasteiger charge is 2.36. The van der Waals surface area contributed by atoms with Crippen molar-refractivity contribution < 1.29 is 4.42 Å². The molecule has 0 N–H and O–H groups in total. The van der Waals surface area contributed by atoms with Crippen LogP contribution in [0.5, 0.6) is 0 Å². The Bertz CT molecular complexity index is 3800. The molecule has 3 heterocycles. The van der Waals surface area contributed by atoms with Crippen molar-refractivity contribution in [3.05, 3.63) is 217 Å². The molecule has 0 amide bonds. The first-order valence-corrected chi connectivity index (χ1v) is 22.2. The normalized spacial score (nSPS) is 12.9. The lowest BCUT2D eigenvalue weighted by Gasteiger charge is -2.22. The summed E-state index contributed by atoms with van der Waals surface area (Å²) >= 11 is 0. The molecule has 9 aromatic carbocycles. The molecule has 0 spiro atoms. The lowest BCUT2D eigenvalue weighted by atomic mass is 9.81. The average molecular weight is 833 g/mol. The Morgan fingerprint density at radius 1 is 0.354 bits per heavy atom. The minimum Gasteiger partial charge on any atom is -0.456 e. The van der Waals surface area contributed by atoms with Crippen molar-refractivity contribution in [1.29, 1.82) is 0 Å². The Labute approximate surface area is 376 Å². The summed E-state index contributed by atoms with van der Waals surface area (Å²) in [5, 5.41) is 4.77. The third kappa shape index (κ3) is 5.97. The van der Waals surface area contributed by atoms with E-state index in [-0.39, 0.29) is 5.41 Å². The summed E-state index contributed by atoms with van der Waals surface area (Å²) in [4.78, 5) is 14.9. The number of furan rings is 1. The Balaban J connectivity index is 0.879. The van der Waals surface area contributed by atoms with Gasteiger partial charge in [0.05, 0.1) is 11.0 Å². The molecule has 1 aliphatic carbocycles. The molecule has 0 atom stereocenters. The molecule has 0 saturated carbocycles. The Kier molecular flexibility index (Phi) is 8.18. The predicted molar refractivity (Wildman–Crippen MR) is 266 cm³/mol. The van der Waals surface area contributed by atoms with Crippen molar-refractivity contribution in [1.82, 2.24) is 19.5 Å². The largest absolute Gasteiger partial charge is 0.456 e. The third-order valence-corrected chi connectivity index (χ3v) is 13.4. The average Bonchev–Trinajstić information content (AvgIpc) is 3.98. The highest BCUT2D eigenvalue weighted by atomic mass is 16.3. The zero-order valence-corrected chi connectivity index (χ0v) is 35.8. The van der Waals surface area contributed by atoms with E-state index in [1.165, 1.54) is 55.1 Å². The molecular formula is C60H40N4O. The van der Waals surface area contributed by atoms with Gasteiger partial charge >= 0.3 is 0 Å². The molecule has 0 aliphatic heterocycles. The standard InChI is InChI=1S/C60H40N4O/c1-60(2)51-34-42(27-29-45(51)48-35-50-47-24-10-12-26-55(47)65-56(50)36-52(48)60)41-28-30-54-49(33-41)46-23-9-11-25-53(46)64(54)44-22-14-20-40(32-44)39-19-13-21-43(31-39)59-62-57(37-15-5-3-6-16-37)61-58(63-59)38-17-7-4-8-18-38/h3-36H,1-2H3. The van der Waals surface area contributed by atoms with Crippen LogP contribution in [0.3, 0.4) is 0 Å². The smallest absolute Gasteiger partial charge is 0.164 e. The SMILES string of the molecule is CC1(C)c2cc(-c3ccc4c(c3)c3ccccc3n4-c3cccc(-c4cccc(-c5nc(-c6ccccc6)nc(-c6ccccc6)n5)c4)c3)ccc2-c2cc3c(cc21)oc1ccccc13. The maximum atomic E-state index is 6.35. The Hall–Kier alpha value is -8.41. The number of benzene rings is 9. The van der Waals surface area contributed by atoms with Crippen molar-refractivity contribution in [3.8, 4) is 73.2 Å². The third-order valence-electron chi connectivity index (χ3n) is 13.4. The van der Waals surface area contributed by atoms with E-state index in [1.54, 1.807) is 0 Å². The fraction of sp³-hybridized carbons (Fsp3) is 0.0500. The van der Waals surface area contributed by atoms with Gasteiger partial charge in [-0.25, -0.2) is 15.0 Å². The topological polar surface area (TPSA) is 56.7 Å². The van der Waals surface area contributed by atoms with Crippen LogP contribution in [0.25, 0.3) is 117 Å². The molecule has 0 bridgehead atoms. The van der Waals surface area contributed by atoms with Gasteiger partial charge in [-0.3, -0.25) is 0 Å². The maximum Gasteiger partial charge on any atom is 0.164 e. The van der Waals surface area contributed by atoms with Gasteiger partial charge in [-0.2, -0.15) is 0 Å². The molecule has 65 heavy (non-hydrogen) atoms. The van der Waals surface area contributed by atoms with Crippen molar-refractivity contribution in [2.75, 3.05) is 0 Å². The highest BCUT2D eigenvalue weighted by molar-refractivity contribution is 6.11. The van der Waals surface area contributed by atoms with Crippen molar-refractivity contribution >= 4 is 43.7 Å². The molecule has 306 valence electrons. The summed E-state index contributed by atoms with van der Waals surface area (Å²) in [5.74, 6) is 1.92. The maximum absolute atomic E-state index is 6.35. The van der Waals surface area contributed by atoms with Gasteiger partial charge in [0.1, 0.15) is 11.2 Å². The minimum atomic E-state index is -0.181. The van der Waals surface area contributed by atoms with Crippen LogP contribution in [0.2, 0.25) is 0 Å². The van der Waals surface area contributed by atoms with E-state index in [4.69, 9.17) is 19.4 Å². The van der Waals surface area contributed by atoms with Gasteiger partial charge in [0.2, 0.25) is 0 Å². The molecule has 3 aromatic heterocycles. The van der Waals surface area contributed by atoms with E-state index in [0.29, 0.717) is 17.5 Å². The van der Waals surface area contributed by atoms with Crippen molar-refractivity contribution in [2.45, 2.75) is 19.3 Å². The number of fused-ring (bicyclic) bond motifs is 9. The molecule has 12 aromatic rings. The van der Waals surface area contributed by atoms with Crippen LogP contribution in [0.15, 0.2) is 211 Å². The van der Waals surface area contributed by atoms with Crippen molar-refractivity contribution in [3.63, 3.8) is 0 Å². The van der Waals surface area contributed by atoms with Crippen molar-refractivity contribution in [2.24, 2.45) is 0 Å². The number of aromatic nitrogens is 4. The number of hydrogen-bond donors (Lipinski definition) is 0. The zero-order valence-electron chi connectivity index (χ0n) is 35.8. The molecular weight excluding hydrogens is 793 g/mol. The lowest BCUT2D eigenvalue weighted by Crippen LogP contribution is -2.15. The van der Waals surface area contributed by atoms with E-state index >= 15 is 0 Å². The van der Waals surface area contributed by atoms with Gasteiger partial charge in [0.25, 0.3) is 0 Å². The molecule has 1 aliphatic rings. The Morgan fingerprint density at radius 2 is 0.908 bits per heavy atom. The summed E-state index contributed by atoms with van der Waals surface area (Å²) < 4.78 is 8.74. The van der Waals surface area contributed by atoms with E-state index < -0.39 is 0 Å². The summed E-state index contributed by atoms with van der Waals surface area (Å²) in [6.45, 7) is 4.68. The van der Waals surface area contributed by atoms with Crippen LogP contribution >= 0.6 is 0 Å². The number of hydrogen-bond acceptors (Lipinski definition) is 4. The minimum absolute atomic E-state index is 0.181. The zero-order chi connectivity index (χ0) is 43.2. The van der Waals surface area contributed by atoms with E-state index in [1.807, 2.05) is 66.7 Å². The molecule has 0 radical (unpaired) electrons. The van der Waals surface area contributed by atoms with Crippen LogP contribution in [0.1, 0.15) is 25.0 Å². The summed E-state index contributed by atoms with van der Waals surface area (Å²) in [7, 11) is 0. The van der Waals surface area contributed by atoms with Crippen LogP contribution in [0, 0.1) is 0 Å². The quantitative estimate of drug-likeness (QED) is 0.167. The van der Waals surface area contributed by atoms with Gasteiger partial charge in [-0.05, 0) is 105 Å². The summed E-state index contributed by atoms with van der Waals surface area (Å²) in [6.07, 6.45) is 0. The van der Waals surface area contributed by atoms with E-state index in [2.05, 4.69) is 158 Å². The second-order valence-corrected chi connectivity index (χ2v) is 17.6. The predicted octanol–water partition coefficient (Wildman–Crippen LogP) is 15.5. The van der Waals surface area contributed by atoms with Crippen LogP contribution < -0.4 is 0 Å². The lowest BCUT2D eigenvalue weighted by molar-refractivity contribution is 0.647. The van der Waals surface area contributed by atoms with E-state index in [9.17, 15) is 0 Å². The molecule has 13 rings (SSSR count). The molecule has 0 fully saturated rings. The first-order chi connectivity index (χ1) is 31.9. The first-order valence-electron chi connectivity index (χ1n) is 22.2. The monoisotopic (exact) mass is 832 g/mol. The first kappa shape index (κ1) is 37.2. The van der Waals surface area contributed by atoms with Gasteiger partial charge in [0.15, 0.2) is 17.5 Å². The fourth-order valence-corrected chi connectivity index (χ4v) is 10.2. The molecule has 0 saturated heterocycles. The molecule has 0 unspecified atom stereocenters. The summed E-state index contributed by atoms with van der Waals surface area (Å²) in [6, 6.07) is 73.2. The number of nitrogens with zero attached hydrogens (tertiary/aromatic N) is 4. The van der Waals surface area contributed by atoms with Crippen LogP contribution in [0.4, 0.5) is 0 Å². The molecule has 5 nitrogen and oxygen atoms in total. The highest BCUT2D eigenvalue weighted by Crippen LogP contribution is 2.52. The van der Waals surface area contributed by atoms with Crippen LogP contribution in [-0.2, 0) is 5.41 Å². The van der Waals surface area contributed by atoms with Gasteiger partial charge in [-0.15, -0.1) is 0 Å².